The van der Waals surface area contributed by atoms with Crippen molar-refractivity contribution in [3.8, 4) is 0 Å². The molecule has 0 saturated carbocycles. The maximum absolute atomic E-state index is 13.2. The minimum Gasteiger partial charge on any atom is -0.371 e. The van der Waals surface area contributed by atoms with Crippen LogP contribution in [-0.4, -0.2) is 75.5 Å². The van der Waals surface area contributed by atoms with Crippen LogP contribution in [0.2, 0.25) is 0 Å². The van der Waals surface area contributed by atoms with Crippen LogP contribution in [0.15, 0.2) is 24.3 Å². The van der Waals surface area contributed by atoms with Crippen LogP contribution < -0.4 is 0 Å². The zero-order valence-electron chi connectivity index (χ0n) is 14.7. The summed E-state index contributed by atoms with van der Waals surface area (Å²) in [6.45, 7) is 2.79. The molecule has 4 rings (SSSR count). The number of rotatable bonds is 2. The van der Waals surface area contributed by atoms with E-state index in [2.05, 4.69) is 11.9 Å². The molecule has 1 amide bonds. The third-order valence-electron chi connectivity index (χ3n) is 5.05. The molecule has 8 heteroatoms. The van der Waals surface area contributed by atoms with Gasteiger partial charge in [0.1, 0.15) is 0 Å². The van der Waals surface area contributed by atoms with Gasteiger partial charge in [-0.05, 0) is 18.5 Å². The molecule has 140 valence electrons. The summed E-state index contributed by atoms with van der Waals surface area (Å²) in [5.74, 6) is 0.0106. The number of sulfone groups is 1. The number of hydrogen-bond acceptors (Lipinski definition) is 6. The summed E-state index contributed by atoms with van der Waals surface area (Å²) in [6.07, 6.45) is -0.141. The topological polar surface area (TPSA) is 66.9 Å². The van der Waals surface area contributed by atoms with Gasteiger partial charge in [-0.25, -0.2) is 8.42 Å². The van der Waals surface area contributed by atoms with Gasteiger partial charge < -0.3 is 14.5 Å². The van der Waals surface area contributed by atoms with Crippen molar-refractivity contribution < 1.29 is 17.9 Å². The van der Waals surface area contributed by atoms with Gasteiger partial charge in [0.25, 0.3) is 5.91 Å². The molecule has 0 bridgehead atoms. The molecule has 3 heterocycles. The average Bonchev–Trinajstić information content (AvgIpc) is 3.00. The highest BCUT2D eigenvalue weighted by Gasteiger charge is 2.32. The van der Waals surface area contributed by atoms with Crippen LogP contribution >= 0.6 is 11.3 Å². The highest BCUT2D eigenvalue weighted by molar-refractivity contribution is 7.91. The molecule has 0 spiro atoms. The molecule has 1 atom stereocenters. The Kier molecular flexibility index (Phi) is 4.77. The standard InChI is InChI=1S/C18H22N2O4S2/c1-19-6-9-24-14(12-19)16-13-4-2-3-5-15(13)25-17(16)18(21)20-7-10-26(22,23)11-8-20/h2-5,14H,6-12H2,1H3. The molecule has 2 aromatic rings. The van der Waals surface area contributed by atoms with Crippen molar-refractivity contribution in [1.82, 2.24) is 9.80 Å². The van der Waals surface area contributed by atoms with Gasteiger partial charge in [-0.3, -0.25) is 4.79 Å². The van der Waals surface area contributed by atoms with Gasteiger partial charge in [-0.15, -0.1) is 11.3 Å². The van der Waals surface area contributed by atoms with Gasteiger partial charge in [0.2, 0.25) is 0 Å². The molecule has 2 fully saturated rings. The molecular weight excluding hydrogens is 372 g/mol. The van der Waals surface area contributed by atoms with Crippen molar-refractivity contribution in [3.05, 3.63) is 34.7 Å². The van der Waals surface area contributed by atoms with Gasteiger partial charge in [0.15, 0.2) is 9.84 Å². The van der Waals surface area contributed by atoms with E-state index in [9.17, 15) is 13.2 Å². The van der Waals surface area contributed by atoms with E-state index in [0.29, 0.717) is 11.5 Å². The van der Waals surface area contributed by atoms with Gasteiger partial charge in [-0.1, -0.05) is 18.2 Å². The summed E-state index contributed by atoms with van der Waals surface area (Å²) in [4.78, 5) is 17.8. The molecule has 0 aliphatic carbocycles. The Morgan fingerprint density at radius 3 is 2.65 bits per heavy atom. The van der Waals surface area contributed by atoms with Crippen molar-refractivity contribution in [2.24, 2.45) is 0 Å². The summed E-state index contributed by atoms with van der Waals surface area (Å²) in [5.41, 5.74) is 0.954. The molecule has 0 N–H and O–H groups in total. The normalized spacial score (nSPS) is 24.0. The zero-order chi connectivity index (χ0) is 18.3. The second-order valence-electron chi connectivity index (χ2n) is 6.91. The quantitative estimate of drug-likeness (QED) is 0.777. The zero-order valence-corrected chi connectivity index (χ0v) is 16.3. The molecule has 1 aromatic carbocycles. The Bertz CT molecular complexity index is 924. The monoisotopic (exact) mass is 394 g/mol. The lowest BCUT2D eigenvalue weighted by atomic mass is 10.0. The van der Waals surface area contributed by atoms with Crippen molar-refractivity contribution in [3.63, 3.8) is 0 Å². The number of nitrogens with zero attached hydrogens (tertiary/aromatic N) is 2. The number of carbonyl (C=O) groups is 1. The minimum absolute atomic E-state index is 0.0433. The van der Waals surface area contributed by atoms with Crippen LogP contribution in [-0.2, 0) is 14.6 Å². The molecule has 26 heavy (non-hydrogen) atoms. The van der Waals surface area contributed by atoms with Crippen molar-refractivity contribution in [2.45, 2.75) is 6.10 Å². The number of likely N-dealkylation sites (N-methyl/N-ethyl adjacent to an activating group) is 1. The van der Waals surface area contributed by atoms with Crippen LogP contribution in [0, 0.1) is 0 Å². The first-order chi connectivity index (χ1) is 12.4. The first-order valence-corrected chi connectivity index (χ1v) is 11.4. The van der Waals surface area contributed by atoms with E-state index in [4.69, 9.17) is 4.74 Å². The number of fused-ring (bicyclic) bond motifs is 1. The van der Waals surface area contributed by atoms with E-state index >= 15 is 0 Å². The number of benzene rings is 1. The molecule has 1 unspecified atom stereocenters. The lowest BCUT2D eigenvalue weighted by molar-refractivity contribution is -0.0203. The van der Waals surface area contributed by atoms with E-state index in [1.54, 1.807) is 4.90 Å². The van der Waals surface area contributed by atoms with Crippen LogP contribution in [0.4, 0.5) is 0 Å². The highest BCUT2D eigenvalue weighted by Crippen LogP contribution is 2.38. The average molecular weight is 395 g/mol. The largest absolute Gasteiger partial charge is 0.371 e. The maximum atomic E-state index is 13.2. The van der Waals surface area contributed by atoms with Crippen molar-refractivity contribution >= 4 is 37.2 Å². The van der Waals surface area contributed by atoms with Gasteiger partial charge in [-0.2, -0.15) is 0 Å². The summed E-state index contributed by atoms with van der Waals surface area (Å²) in [6, 6.07) is 8.01. The van der Waals surface area contributed by atoms with Gasteiger partial charge in [0.05, 0.1) is 29.1 Å². The van der Waals surface area contributed by atoms with Crippen LogP contribution in [0.3, 0.4) is 0 Å². The number of hydrogen-bond donors (Lipinski definition) is 0. The number of ether oxygens (including phenoxy) is 1. The number of carbonyl (C=O) groups excluding carboxylic acids is 1. The maximum Gasteiger partial charge on any atom is 0.264 e. The lowest BCUT2D eigenvalue weighted by Gasteiger charge is -2.31. The summed E-state index contributed by atoms with van der Waals surface area (Å²) < 4.78 is 30.4. The molecule has 1 aromatic heterocycles. The van der Waals surface area contributed by atoms with Gasteiger partial charge in [0, 0.05) is 36.4 Å². The predicted octanol–water partition coefficient (Wildman–Crippen LogP) is 1.77. The molecule has 6 nitrogen and oxygen atoms in total. The second-order valence-corrected chi connectivity index (χ2v) is 10.3. The SMILES string of the molecule is CN1CCOC(c2c(C(=O)N3CCS(=O)(=O)CC3)sc3ccccc23)C1. The van der Waals surface area contributed by atoms with E-state index in [-0.39, 0.29) is 36.6 Å². The Morgan fingerprint density at radius 2 is 1.92 bits per heavy atom. The summed E-state index contributed by atoms with van der Waals surface area (Å²) >= 11 is 1.48. The molecular formula is C18H22N2O4S2. The fourth-order valence-corrected chi connectivity index (χ4v) is 5.98. The molecule has 0 radical (unpaired) electrons. The van der Waals surface area contributed by atoms with E-state index in [1.807, 2.05) is 24.3 Å². The number of amides is 1. The summed E-state index contributed by atoms with van der Waals surface area (Å²) in [7, 11) is -0.959. The number of thiophene rings is 1. The Morgan fingerprint density at radius 1 is 1.19 bits per heavy atom. The molecule has 2 aliphatic rings. The van der Waals surface area contributed by atoms with Crippen LogP contribution in [0.1, 0.15) is 21.3 Å². The van der Waals surface area contributed by atoms with Crippen LogP contribution in [0.5, 0.6) is 0 Å². The third kappa shape index (κ3) is 3.38. The minimum atomic E-state index is -3.02. The second kappa shape index (κ2) is 6.92. The Balaban J connectivity index is 1.72. The number of morpholine rings is 1. The fourth-order valence-electron chi connectivity index (χ4n) is 3.56. The Labute approximate surface area is 157 Å². The van der Waals surface area contributed by atoms with Crippen LogP contribution in [0.25, 0.3) is 10.1 Å². The Hall–Kier alpha value is -1.48. The van der Waals surface area contributed by atoms with Crippen molar-refractivity contribution in [1.29, 1.82) is 0 Å². The lowest BCUT2D eigenvalue weighted by Crippen LogP contribution is -2.44. The van der Waals surface area contributed by atoms with E-state index < -0.39 is 9.84 Å². The predicted molar refractivity (Wildman–Crippen MR) is 103 cm³/mol. The molecule has 2 saturated heterocycles. The first-order valence-electron chi connectivity index (χ1n) is 8.76. The summed E-state index contributed by atoms with van der Waals surface area (Å²) in [5, 5.41) is 1.06. The first kappa shape index (κ1) is 17.9. The van der Waals surface area contributed by atoms with E-state index in [0.717, 1.165) is 28.7 Å². The van der Waals surface area contributed by atoms with E-state index in [1.165, 1.54) is 11.3 Å². The van der Waals surface area contributed by atoms with Gasteiger partial charge >= 0.3 is 0 Å². The highest BCUT2D eigenvalue weighted by atomic mass is 32.2. The van der Waals surface area contributed by atoms with Crippen molar-refractivity contribution in [2.75, 3.05) is 51.3 Å². The third-order valence-corrected chi connectivity index (χ3v) is 7.83. The molecule has 2 aliphatic heterocycles. The smallest absolute Gasteiger partial charge is 0.264 e. The fraction of sp³-hybridized carbons (Fsp3) is 0.500.